The van der Waals surface area contributed by atoms with Crippen LogP contribution in [0.4, 0.5) is 0 Å². The van der Waals surface area contributed by atoms with Gasteiger partial charge in [-0.2, -0.15) is 0 Å². The first-order valence-corrected chi connectivity index (χ1v) is 29.6. The summed E-state index contributed by atoms with van der Waals surface area (Å²) >= 11 is 0. The van der Waals surface area contributed by atoms with Gasteiger partial charge in [0.2, 0.25) is 5.91 Å². The number of likely N-dealkylation sites (N-methyl/N-ethyl adjacent to an activating group) is 1. The zero-order chi connectivity index (χ0) is 49.2. The number of aliphatic hydroxyl groups is 1. The quantitative estimate of drug-likeness (QED) is 0.0272. The number of carbonyl (C=O) groups is 1. The van der Waals surface area contributed by atoms with Gasteiger partial charge in [0, 0.05) is 6.42 Å². The van der Waals surface area contributed by atoms with Gasteiger partial charge in [-0.15, -0.1) is 0 Å². The number of phosphoric acid groups is 1. The van der Waals surface area contributed by atoms with Crippen molar-refractivity contribution in [2.45, 2.75) is 264 Å². The molecule has 0 aliphatic carbocycles. The highest BCUT2D eigenvalue weighted by Gasteiger charge is 2.23. The van der Waals surface area contributed by atoms with Gasteiger partial charge in [-0.05, 0) is 77.0 Å². The second-order valence-corrected chi connectivity index (χ2v) is 21.7. The van der Waals surface area contributed by atoms with Gasteiger partial charge < -0.3 is 28.8 Å². The fraction of sp³-hybridized carbons (Fsp3) is 0.810. The van der Waals surface area contributed by atoms with Crippen molar-refractivity contribution in [2.75, 3.05) is 40.9 Å². The lowest BCUT2D eigenvalue weighted by molar-refractivity contribution is -0.870. The van der Waals surface area contributed by atoms with E-state index in [2.05, 4.69) is 67.8 Å². The van der Waals surface area contributed by atoms with Crippen LogP contribution in [0.15, 0.2) is 60.8 Å². The fourth-order valence-corrected chi connectivity index (χ4v) is 8.70. The summed E-state index contributed by atoms with van der Waals surface area (Å²) in [6.07, 6.45) is 65.9. The van der Waals surface area contributed by atoms with Crippen molar-refractivity contribution in [3.05, 3.63) is 60.8 Å². The van der Waals surface area contributed by atoms with Crippen LogP contribution in [-0.4, -0.2) is 68.5 Å². The molecule has 0 aromatic heterocycles. The largest absolute Gasteiger partial charge is 0.756 e. The van der Waals surface area contributed by atoms with Crippen LogP contribution in [0.3, 0.4) is 0 Å². The van der Waals surface area contributed by atoms with E-state index >= 15 is 0 Å². The number of rotatable bonds is 51. The molecule has 0 aromatic rings. The second kappa shape index (κ2) is 49.2. The number of carbonyl (C=O) groups excluding carboxylic acids is 1. The van der Waals surface area contributed by atoms with Gasteiger partial charge in [-0.1, -0.05) is 229 Å². The van der Waals surface area contributed by atoms with Crippen LogP contribution >= 0.6 is 7.82 Å². The first-order valence-electron chi connectivity index (χ1n) is 28.2. The summed E-state index contributed by atoms with van der Waals surface area (Å²) < 4.78 is 23.3. The van der Waals surface area contributed by atoms with E-state index < -0.39 is 26.6 Å². The van der Waals surface area contributed by atoms with Gasteiger partial charge in [0.05, 0.1) is 39.9 Å². The highest BCUT2D eigenvalue weighted by atomic mass is 31.2. The highest BCUT2D eigenvalue weighted by molar-refractivity contribution is 7.45. The second-order valence-electron chi connectivity index (χ2n) is 20.3. The van der Waals surface area contributed by atoms with E-state index in [1.807, 2.05) is 27.2 Å². The summed E-state index contributed by atoms with van der Waals surface area (Å²) in [5.74, 6) is -0.225. The maximum absolute atomic E-state index is 12.9. The number of unbranched alkanes of at least 4 members (excludes halogenated alkanes) is 30. The molecule has 0 radical (unpaired) electrons. The van der Waals surface area contributed by atoms with E-state index in [1.54, 1.807) is 6.08 Å². The van der Waals surface area contributed by atoms with Crippen LogP contribution in [0.2, 0.25) is 0 Å². The Morgan fingerprint density at radius 2 is 0.881 bits per heavy atom. The van der Waals surface area contributed by atoms with Crippen LogP contribution in [0.5, 0.6) is 0 Å². The van der Waals surface area contributed by atoms with Gasteiger partial charge in [0.15, 0.2) is 0 Å². The van der Waals surface area contributed by atoms with Gasteiger partial charge in [0.1, 0.15) is 13.2 Å². The molecule has 0 saturated carbocycles. The maximum atomic E-state index is 12.9. The molecule has 3 unspecified atom stereocenters. The molecule has 0 aromatic carbocycles. The summed E-state index contributed by atoms with van der Waals surface area (Å²) in [7, 11) is 1.22. The molecular weight excluding hydrogens is 852 g/mol. The van der Waals surface area contributed by atoms with Crippen molar-refractivity contribution in [2.24, 2.45) is 0 Å². The highest BCUT2D eigenvalue weighted by Crippen LogP contribution is 2.38. The minimum atomic E-state index is -4.61. The minimum absolute atomic E-state index is 0.0138. The number of amides is 1. The monoisotopic (exact) mass is 961 g/mol. The number of hydrogen-bond donors (Lipinski definition) is 2. The van der Waals surface area contributed by atoms with Crippen LogP contribution in [0.25, 0.3) is 0 Å². The van der Waals surface area contributed by atoms with E-state index in [0.29, 0.717) is 17.4 Å². The molecule has 1 amide bonds. The third-order valence-electron chi connectivity index (χ3n) is 12.4. The van der Waals surface area contributed by atoms with Crippen LogP contribution in [0.1, 0.15) is 251 Å². The number of quaternary nitrogens is 1. The lowest BCUT2D eigenvalue weighted by atomic mass is 10.0. The van der Waals surface area contributed by atoms with Crippen molar-refractivity contribution in [3.8, 4) is 0 Å². The molecule has 3 atom stereocenters. The van der Waals surface area contributed by atoms with E-state index in [9.17, 15) is 19.4 Å². The number of aliphatic hydroxyl groups excluding tert-OH is 1. The molecule has 8 nitrogen and oxygen atoms in total. The van der Waals surface area contributed by atoms with E-state index in [1.165, 1.54) is 161 Å². The average molecular weight is 961 g/mol. The van der Waals surface area contributed by atoms with Crippen molar-refractivity contribution >= 4 is 13.7 Å². The van der Waals surface area contributed by atoms with Gasteiger partial charge in [0.25, 0.3) is 7.82 Å². The summed E-state index contributed by atoms with van der Waals surface area (Å²) in [6, 6.07) is -0.920. The van der Waals surface area contributed by atoms with E-state index in [0.717, 1.165) is 70.6 Å². The van der Waals surface area contributed by atoms with Crippen molar-refractivity contribution in [1.82, 2.24) is 5.32 Å². The van der Waals surface area contributed by atoms with Crippen molar-refractivity contribution < 1.29 is 32.9 Å². The first-order chi connectivity index (χ1) is 32.5. The number of phosphoric ester groups is 1. The van der Waals surface area contributed by atoms with Crippen molar-refractivity contribution in [3.63, 3.8) is 0 Å². The molecule has 0 heterocycles. The molecule has 0 rings (SSSR count). The van der Waals surface area contributed by atoms with Gasteiger partial charge in [-0.3, -0.25) is 9.36 Å². The number of nitrogens with zero attached hydrogens (tertiary/aromatic N) is 1. The molecule has 0 bridgehead atoms. The minimum Gasteiger partial charge on any atom is -0.756 e. The lowest BCUT2D eigenvalue weighted by Crippen LogP contribution is -2.45. The zero-order valence-corrected chi connectivity index (χ0v) is 45.5. The number of nitrogens with one attached hydrogen (secondary N) is 1. The third kappa shape index (κ3) is 51.9. The van der Waals surface area contributed by atoms with Gasteiger partial charge >= 0.3 is 0 Å². The average Bonchev–Trinajstić information content (AvgIpc) is 3.29. The molecule has 2 N–H and O–H groups in total. The molecule has 67 heavy (non-hydrogen) atoms. The zero-order valence-electron chi connectivity index (χ0n) is 44.6. The smallest absolute Gasteiger partial charge is 0.268 e. The fourth-order valence-electron chi connectivity index (χ4n) is 7.98. The Balaban J connectivity index is 4.27. The molecule has 0 spiro atoms. The Morgan fingerprint density at radius 1 is 0.522 bits per heavy atom. The lowest BCUT2D eigenvalue weighted by Gasteiger charge is -2.29. The topological polar surface area (TPSA) is 108 Å². The molecule has 0 aliphatic rings. The van der Waals surface area contributed by atoms with Crippen LogP contribution in [0, 0.1) is 0 Å². The SMILES string of the molecule is CCCCCC/C=C\C/C=C\CCCCCCCC(=O)NC(COP(=O)([O-])OCC[N+](C)(C)C)C(O)/C=C/CC/C=C/CC/C=C/CCCCCCCCCCCCCCCCCCCCC. The van der Waals surface area contributed by atoms with E-state index in [-0.39, 0.29) is 12.5 Å². The first kappa shape index (κ1) is 65.2. The standard InChI is InChI=1S/C58H109N2O6P/c1-6-8-10-12-14-16-18-20-22-24-25-26-27-28-29-30-31-32-33-34-35-36-37-39-41-43-45-47-49-51-57(61)56(55-66-67(63,64)65-54-53-60(3,4)5)59-58(62)52-50-48-46-44-42-40-38-23-21-19-17-15-13-11-9-7-2/h17,19,23,35-36,38,41,43,49,51,56-57,61H,6-16,18,20-22,24-34,37,39-40,42,44-48,50,52-55H2,1-5H3,(H-,59,62,63,64)/b19-17-,36-35+,38-23-,43-41+,51-49+. The Bertz CT molecular complexity index is 1270. The molecular formula is C58H109N2O6P. The maximum Gasteiger partial charge on any atom is 0.268 e. The molecule has 392 valence electrons. The van der Waals surface area contributed by atoms with Crippen LogP contribution in [-0.2, 0) is 18.4 Å². The summed E-state index contributed by atoms with van der Waals surface area (Å²) in [5, 5.41) is 13.8. The Labute approximate surface area is 415 Å². The Hall–Kier alpha value is -1.80. The molecule has 9 heteroatoms. The summed E-state index contributed by atoms with van der Waals surface area (Å²) in [6.45, 7) is 4.60. The third-order valence-corrected chi connectivity index (χ3v) is 13.4. The summed E-state index contributed by atoms with van der Waals surface area (Å²) in [4.78, 5) is 25.4. The predicted octanol–water partition coefficient (Wildman–Crippen LogP) is 16.3. The normalized spacial score (nSPS) is 14.4. The number of hydrogen-bond acceptors (Lipinski definition) is 6. The van der Waals surface area contributed by atoms with Crippen LogP contribution < -0.4 is 10.2 Å². The predicted molar refractivity (Wildman–Crippen MR) is 288 cm³/mol. The Kier molecular flexibility index (Phi) is 47.9. The molecule has 0 saturated heterocycles. The van der Waals surface area contributed by atoms with Crippen molar-refractivity contribution in [1.29, 1.82) is 0 Å². The van der Waals surface area contributed by atoms with E-state index in [4.69, 9.17) is 9.05 Å². The van der Waals surface area contributed by atoms with Gasteiger partial charge in [-0.25, -0.2) is 0 Å². The molecule has 0 aliphatic heterocycles. The Morgan fingerprint density at radius 3 is 1.31 bits per heavy atom. The molecule has 0 fully saturated rings. The number of allylic oxidation sites excluding steroid dienone is 9. The summed E-state index contributed by atoms with van der Waals surface area (Å²) in [5.41, 5.74) is 0.